The SMILES string of the molecule is Cc1ccc(C(=O)OCC(=O)c2cc(C)n(NC(=O)c3ccccc3)c2C)cc1[N+](=O)[O-]. The molecular formula is C23H21N3O6. The molecule has 1 aromatic heterocycles. The molecule has 2 aromatic carbocycles. The number of hydrogen-bond donors (Lipinski definition) is 1. The first-order chi connectivity index (χ1) is 15.2. The van der Waals surface area contributed by atoms with Crippen molar-refractivity contribution in [1.29, 1.82) is 0 Å². The van der Waals surface area contributed by atoms with Gasteiger partial charge in [0.1, 0.15) is 0 Å². The Kier molecular flexibility index (Phi) is 6.48. The average Bonchev–Trinajstić information content (AvgIpc) is 3.06. The molecule has 0 bridgehead atoms. The Morgan fingerprint density at radius 1 is 1.00 bits per heavy atom. The zero-order valence-electron chi connectivity index (χ0n) is 17.7. The molecule has 0 saturated heterocycles. The van der Waals surface area contributed by atoms with Crippen LogP contribution < -0.4 is 5.43 Å². The van der Waals surface area contributed by atoms with E-state index < -0.39 is 23.3 Å². The van der Waals surface area contributed by atoms with Crippen LogP contribution in [0.25, 0.3) is 0 Å². The number of nitrogens with one attached hydrogen (secondary N) is 1. The van der Waals surface area contributed by atoms with Gasteiger partial charge < -0.3 is 4.74 Å². The van der Waals surface area contributed by atoms with E-state index in [0.29, 0.717) is 28.1 Å². The molecule has 1 heterocycles. The van der Waals surface area contributed by atoms with E-state index in [4.69, 9.17) is 4.74 Å². The minimum atomic E-state index is -0.840. The Morgan fingerprint density at radius 3 is 2.34 bits per heavy atom. The number of hydrogen-bond acceptors (Lipinski definition) is 6. The van der Waals surface area contributed by atoms with Gasteiger partial charge in [-0.2, -0.15) is 0 Å². The Labute approximate surface area is 183 Å². The van der Waals surface area contributed by atoms with E-state index in [-0.39, 0.29) is 17.2 Å². The standard InChI is InChI=1S/C23H21N3O6/c1-14-9-10-18(12-20(14)26(30)31)23(29)32-13-21(27)19-11-15(2)25(16(19)3)24-22(28)17-7-5-4-6-8-17/h4-12H,13H2,1-3H3,(H,24,28). The van der Waals surface area contributed by atoms with E-state index in [0.717, 1.165) is 6.07 Å². The van der Waals surface area contributed by atoms with Gasteiger partial charge in [0.05, 0.1) is 10.5 Å². The lowest BCUT2D eigenvalue weighted by Gasteiger charge is -2.11. The summed E-state index contributed by atoms with van der Waals surface area (Å²) in [4.78, 5) is 47.8. The maximum Gasteiger partial charge on any atom is 0.338 e. The Bertz CT molecular complexity index is 1210. The molecule has 9 nitrogen and oxygen atoms in total. The number of carbonyl (C=O) groups excluding carboxylic acids is 3. The summed E-state index contributed by atoms with van der Waals surface area (Å²) in [5.74, 6) is -1.64. The lowest BCUT2D eigenvalue weighted by molar-refractivity contribution is -0.385. The van der Waals surface area contributed by atoms with Crippen molar-refractivity contribution in [3.8, 4) is 0 Å². The molecule has 0 radical (unpaired) electrons. The molecule has 32 heavy (non-hydrogen) atoms. The molecule has 0 aliphatic heterocycles. The first kappa shape index (κ1) is 22.4. The van der Waals surface area contributed by atoms with Crippen LogP contribution in [0, 0.1) is 30.9 Å². The number of nitro groups is 1. The van der Waals surface area contributed by atoms with E-state index >= 15 is 0 Å². The first-order valence-electron chi connectivity index (χ1n) is 9.69. The van der Waals surface area contributed by atoms with Crippen LogP contribution >= 0.6 is 0 Å². The molecule has 0 aliphatic rings. The maximum absolute atomic E-state index is 12.6. The molecule has 0 atom stereocenters. The summed E-state index contributed by atoms with van der Waals surface area (Å²) < 4.78 is 6.56. The maximum atomic E-state index is 12.6. The van der Waals surface area contributed by atoms with Crippen molar-refractivity contribution in [2.75, 3.05) is 12.0 Å². The van der Waals surface area contributed by atoms with Gasteiger partial charge in [-0.05, 0) is 45.0 Å². The van der Waals surface area contributed by atoms with Crippen LogP contribution in [0.3, 0.4) is 0 Å². The fourth-order valence-electron chi connectivity index (χ4n) is 3.20. The summed E-state index contributed by atoms with van der Waals surface area (Å²) in [7, 11) is 0. The first-order valence-corrected chi connectivity index (χ1v) is 9.69. The lowest BCUT2D eigenvalue weighted by Crippen LogP contribution is -2.25. The number of aryl methyl sites for hydroxylation is 2. The van der Waals surface area contributed by atoms with Crippen LogP contribution in [-0.4, -0.2) is 33.9 Å². The van der Waals surface area contributed by atoms with E-state index in [1.54, 1.807) is 57.2 Å². The number of rotatable bonds is 7. The minimum absolute atomic E-state index is 0.0179. The Balaban J connectivity index is 1.70. The quantitative estimate of drug-likeness (QED) is 0.261. The van der Waals surface area contributed by atoms with E-state index in [1.807, 2.05) is 0 Å². The fourth-order valence-corrected chi connectivity index (χ4v) is 3.20. The summed E-state index contributed by atoms with van der Waals surface area (Å²) in [6.45, 7) is 4.41. The zero-order chi connectivity index (χ0) is 23.4. The molecule has 3 rings (SSSR count). The highest BCUT2D eigenvalue weighted by atomic mass is 16.6. The van der Waals surface area contributed by atoms with Crippen molar-refractivity contribution in [3.63, 3.8) is 0 Å². The molecule has 1 N–H and O–H groups in total. The molecule has 3 aromatic rings. The summed E-state index contributed by atoms with van der Waals surface area (Å²) in [5.41, 5.74) is 4.79. The molecular weight excluding hydrogens is 414 g/mol. The number of amides is 1. The van der Waals surface area contributed by atoms with Gasteiger partial charge in [0.25, 0.3) is 11.6 Å². The van der Waals surface area contributed by atoms with Crippen LogP contribution in [0.1, 0.15) is 48.0 Å². The van der Waals surface area contributed by atoms with Crippen molar-refractivity contribution in [2.45, 2.75) is 20.8 Å². The van der Waals surface area contributed by atoms with Crippen LogP contribution in [0.2, 0.25) is 0 Å². The van der Waals surface area contributed by atoms with Gasteiger partial charge in [-0.25, -0.2) is 4.79 Å². The number of aromatic nitrogens is 1. The van der Waals surface area contributed by atoms with Crippen LogP contribution in [0.5, 0.6) is 0 Å². The second kappa shape index (κ2) is 9.25. The van der Waals surface area contributed by atoms with Crippen LogP contribution in [0.15, 0.2) is 54.6 Å². The predicted molar refractivity (Wildman–Crippen MR) is 116 cm³/mol. The molecule has 0 unspecified atom stereocenters. The summed E-state index contributed by atoms with van der Waals surface area (Å²) in [5, 5.41) is 11.1. The number of Topliss-reactive ketones (excluding diaryl/α,β-unsaturated/α-hetero) is 1. The van der Waals surface area contributed by atoms with Gasteiger partial charge in [-0.15, -0.1) is 0 Å². The number of esters is 1. The highest BCUT2D eigenvalue weighted by Gasteiger charge is 2.21. The highest BCUT2D eigenvalue weighted by molar-refractivity contribution is 6.02. The molecule has 0 spiro atoms. The number of nitrogens with zero attached hydrogens (tertiary/aromatic N) is 2. The van der Waals surface area contributed by atoms with Gasteiger partial charge in [0, 0.05) is 34.1 Å². The van der Waals surface area contributed by atoms with E-state index in [1.165, 1.54) is 16.8 Å². The summed E-state index contributed by atoms with van der Waals surface area (Å²) >= 11 is 0. The van der Waals surface area contributed by atoms with Crippen molar-refractivity contribution < 1.29 is 24.0 Å². The minimum Gasteiger partial charge on any atom is -0.454 e. The zero-order valence-corrected chi connectivity index (χ0v) is 17.7. The monoisotopic (exact) mass is 435 g/mol. The number of carbonyl (C=O) groups is 3. The van der Waals surface area contributed by atoms with Gasteiger partial charge in [-0.3, -0.25) is 29.8 Å². The molecule has 0 aliphatic carbocycles. The normalized spacial score (nSPS) is 10.5. The second-order valence-corrected chi connectivity index (χ2v) is 7.18. The van der Waals surface area contributed by atoms with Crippen LogP contribution in [-0.2, 0) is 4.74 Å². The molecule has 1 amide bonds. The van der Waals surface area contributed by atoms with E-state index in [2.05, 4.69) is 5.43 Å². The summed E-state index contributed by atoms with van der Waals surface area (Å²) in [6.07, 6.45) is 0. The van der Waals surface area contributed by atoms with Crippen molar-refractivity contribution in [1.82, 2.24) is 4.68 Å². The summed E-state index contributed by atoms with van der Waals surface area (Å²) in [6, 6.07) is 14.2. The second-order valence-electron chi connectivity index (χ2n) is 7.18. The van der Waals surface area contributed by atoms with Crippen molar-refractivity contribution in [3.05, 3.63) is 98.4 Å². The topological polar surface area (TPSA) is 121 Å². The number of benzene rings is 2. The smallest absolute Gasteiger partial charge is 0.338 e. The van der Waals surface area contributed by atoms with Crippen LogP contribution in [0.4, 0.5) is 5.69 Å². The number of ketones is 1. The highest BCUT2D eigenvalue weighted by Crippen LogP contribution is 2.20. The molecule has 164 valence electrons. The molecule has 0 fully saturated rings. The van der Waals surface area contributed by atoms with Crippen molar-refractivity contribution >= 4 is 23.3 Å². The van der Waals surface area contributed by atoms with Gasteiger partial charge in [0.2, 0.25) is 5.78 Å². The number of nitro benzene ring substituents is 1. The predicted octanol–water partition coefficient (Wildman–Crippen LogP) is 3.75. The van der Waals surface area contributed by atoms with Gasteiger partial charge in [-0.1, -0.05) is 24.3 Å². The average molecular weight is 435 g/mol. The van der Waals surface area contributed by atoms with Gasteiger partial charge >= 0.3 is 5.97 Å². The van der Waals surface area contributed by atoms with E-state index in [9.17, 15) is 24.5 Å². The Hall–Kier alpha value is -4.27. The lowest BCUT2D eigenvalue weighted by atomic mass is 10.1. The van der Waals surface area contributed by atoms with Crippen molar-refractivity contribution in [2.24, 2.45) is 0 Å². The third kappa shape index (κ3) is 4.72. The van der Waals surface area contributed by atoms with Gasteiger partial charge in [0.15, 0.2) is 6.61 Å². The Morgan fingerprint density at radius 2 is 1.69 bits per heavy atom. The molecule has 0 saturated carbocycles. The molecule has 9 heteroatoms. The largest absolute Gasteiger partial charge is 0.454 e. The number of ether oxygens (including phenoxy) is 1. The fraction of sp³-hybridized carbons (Fsp3) is 0.174. The third-order valence-corrected chi connectivity index (χ3v) is 4.96. The third-order valence-electron chi connectivity index (χ3n) is 4.96.